The molecule has 3 nitrogen and oxygen atoms in total. The van der Waals surface area contributed by atoms with Crippen LogP contribution >= 0.6 is 15.9 Å². The van der Waals surface area contributed by atoms with Crippen molar-refractivity contribution in [1.29, 1.82) is 0 Å². The van der Waals surface area contributed by atoms with Crippen LogP contribution in [0.25, 0.3) is 22.4 Å². The van der Waals surface area contributed by atoms with E-state index in [0.29, 0.717) is 26.9 Å². The van der Waals surface area contributed by atoms with E-state index in [-0.39, 0.29) is 11.7 Å². The lowest BCUT2D eigenvalue weighted by Crippen LogP contribution is -1.89. The maximum Gasteiger partial charge on any atom is 0.230 e. The summed E-state index contributed by atoms with van der Waals surface area (Å²) < 4.78 is 32.2. The number of aromatic nitrogens is 1. The third-order valence-electron chi connectivity index (χ3n) is 2.99. The predicted octanol–water partition coefficient (Wildman–Crippen LogP) is 4.63. The first-order valence-electron chi connectivity index (χ1n) is 6.02. The molecular weight excluding hydrogens is 342 g/mol. The quantitative estimate of drug-likeness (QED) is 0.732. The van der Waals surface area contributed by atoms with E-state index < -0.39 is 5.82 Å². The van der Waals surface area contributed by atoms with Gasteiger partial charge in [0, 0.05) is 10.0 Å². The van der Waals surface area contributed by atoms with Gasteiger partial charge in [0.25, 0.3) is 0 Å². The molecular formula is C15H9BrF2N2O. The summed E-state index contributed by atoms with van der Waals surface area (Å²) in [6.07, 6.45) is 0. The van der Waals surface area contributed by atoms with Gasteiger partial charge < -0.3 is 10.3 Å². The SMILES string of the molecule is Nc1onc(-c2cc(F)cc(Br)c2)c1-c1ccc(F)cc1. The number of benzene rings is 2. The van der Waals surface area contributed by atoms with Gasteiger partial charge in [-0.05, 0) is 35.9 Å². The lowest BCUT2D eigenvalue weighted by atomic mass is 10.0. The normalized spacial score (nSPS) is 10.8. The van der Waals surface area contributed by atoms with Crippen LogP contribution in [0, 0.1) is 11.6 Å². The molecule has 0 saturated heterocycles. The zero-order chi connectivity index (χ0) is 15.0. The minimum absolute atomic E-state index is 0.0944. The van der Waals surface area contributed by atoms with E-state index in [0.717, 1.165) is 0 Å². The van der Waals surface area contributed by atoms with Crippen molar-refractivity contribution in [2.24, 2.45) is 0 Å². The summed E-state index contributed by atoms with van der Waals surface area (Å²) in [5, 5.41) is 3.89. The van der Waals surface area contributed by atoms with Gasteiger partial charge in [0.05, 0.1) is 5.56 Å². The molecule has 0 aliphatic rings. The molecule has 0 amide bonds. The highest BCUT2D eigenvalue weighted by Gasteiger charge is 2.18. The van der Waals surface area contributed by atoms with E-state index in [1.165, 1.54) is 24.3 Å². The van der Waals surface area contributed by atoms with Crippen molar-refractivity contribution in [2.75, 3.05) is 5.73 Å². The summed E-state index contributed by atoms with van der Waals surface area (Å²) in [4.78, 5) is 0. The van der Waals surface area contributed by atoms with Gasteiger partial charge in [-0.1, -0.05) is 33.2 Å². The molecule has 0 bridgehead atoms. The minimum Gasteiger partial charge on any atom is -0.367 e. The van der Waals surface area contributed by atoms with Gasteiger partial charge in [-0.3, -0.25) is 0 Å². The van der Waals surface area contributed by atoms with Crippen LogP contribution in [0.15, 0.2) is 51.5 Å². The van der Waals surface area contributed by atoms with Crippen molar-refractivity contribution in [3.8, 4) is 22.4 Å². The number of hydrogen-bond donors (Lipinski definition) is 1. The van der Waals surface area contributed by atoms with E-state index >= 15 is 0 Å². The Hall–Kier alpha value is -2.21. The zero-order valence-corrected chi connectivity index (χ0v) is 12.2. The number of nitrogen functional groups attached to an aromatic ring is 1. The van der Waals surface area contributed by atoms with Crippen LogP contribution < -0.4 is 5.73 Å². The number of rotatable bonds is 2. The molecule has 2 aromatic carbocycles. The van der Waals surface area contributed by atoms with E-state index in [9.17, 15) is 8.78 Å². The number of nitrogens with two attached hydrogens (primary N) is 1. The van der Waals surface area contributed by atoms with Gasteiger partial charge in [-0.2, -0.15) is 0 Å². The Morgan fingerprint density at radius 2 is 1.67 bits per heavy atom. The highest BCUT2D eigenvalue weighted by molar-refractivity contribution is 9.10. The molecule has 3 rings (SSSR count). The second-order valence-electron chi connectivity index (χ2n) is 4.44. The number of halogens is 3. The zero-order valence-electron chi connectivity index (χ0n) is 10.6. The summed E-state index contributed by atoms with van der Waals surface area (Å²) in [5.74, 6) is -0.674. The molecule has 21 heavy (non-hydrogen) atoms. The van der Waals surface area contributed by atoms with Crippen molar-refractivity contribution >= 4 is 21.8 Å². The van der Waals surface area contributed by atoms with Crippen LogP contribution in [0.3, 0.4) is 0 Å². The van der Waals surface area contributed by atoms with E-state index in [1.54, 1.807) is 18.2 Å². The van der Waals surface area contributed by atoms with Crippen LogP contribution in [0.5, 0.6) is 0 Å². The summed E-state index contributed by atoms with van der Waals surface area (Å²) >= 11 is 3.23. The first kappa shape index (κ1) is 13.8. The Kier molecular flexibility index (Phi) is 3.47. The van der Waals surface area contributed by atoms with E-state index in [4.69, 9.17) is 10.3 Å². The average Bonchev–Trinajstić information content (AvgIpc) is 2.80. The second kappa shape index (κ2) is 5.29. The second-order valence-corrected chi connectivity index (χ2v) is 5.35. The first-order valence-corrected chi connectivity index (χ1v) is 6.81. The molecule has 0 aliphatic heterocycles. The number of anilines is 1. The van der Waals surface area contributed by atoms with Gasteiger partial charge in [0.15, 0.2) is 0 Å². The summed E-state index contributed by atoms with van der Waals surface area (Å²) in [6.45, 7) is 0. The summed E-state index contributed by atoms with van der Waals surface area (Å²) in [6, 6.07) is 10.1. The molecule has 6 heteroatoms. The number of nitrogens with zero attached hydrogens (tertiary/aromatic N) is 1. The van der Waals surface area contributed by atoms with Crippen LogP contribution in [0.4, 0.5) is 14.7 Å². The Balaban J connectivity index is 2.19. The highest BCUT2D eigenvalue weighted by atomic mass is 79.9. The largest absolute Gasteiger partial charge is 0.367 e. The molecule has 0 aliphatic carbocycles. The fourth-order valence-electron chi connectivity index (χ4n) is 2.09. The predicted molar refractivity (Wildman–Crippen MR) is 79.4 cm³/mol. The molecule has 0 spiro atoms. The molecule has 0 radical (unpaired) electrons. The van der Waals surface area contributed by atoms with Crippen molar-refractivity contribution in [1.82, 2.24) is 5.16 Å². The highest BCUT2D eigenvalue weighted by Crippen LogP contribution is 2.37. The Labute approximate surface area is 127 Å². The van der Waals surface area contributed by atoms with Gasteiger partial charge in [-0.15, -0.1) is 0 Å². The van der Waals surface area contributed by atoms with Gasteiger partial charge in [0.1, 0.15) is 17.3 Å². The molecule has 106 valence electrons. The molecule has 0 unspecified atom stereocenters. The molecule has 0 atom stereocenters. The fourth-order valence-corrected chi connectivity index (χ4v) is 2.55. The Morgan fingerprint density at radius 1 is 0.952 bits per heavy atom. The number of hydrogen-bond acceptors (Lipinski definition) is 3. The Bertz CT molecular complexity index is 780. The molecule has 3 aromatic rings. The molecule has 1 heterocycles. The smallest absolute Gasteiger partial charge is 0.230 e. The minimum atomic E-state index is -0.411. The lowest BCUT2D eigenvalue weighted by Gasteiger charge is -2.04. The fraction of sp³-hybridized carbons (Fsp3) is 0. The van der Waals surface area contributed by atoms with Crippen LogP contribution in [-0.4, -0.2) is 5.16 Å². The monoisotopic (exact) mass is 350 g/mol. The molecule has 2 N–H and O–H groups in total. The van der Waals surface area contributed by atoms with E-state index in [2.05, 4.69) is 21.1 Å². The average molecular weight is 351 g/mol. The van der Waals surface area contributed by atoms with Crippen molar-refractivity contribution in [3.63, 3.8) is 0 Å². The van der Waals surface area contributed by atoms with Crippen LogP contribution in [0.1, 0.15) is 0 Å². The summed E-state index contributed by atoms with van der Waals surface area (Å²) in [7, 11) is 0. The molecule has 0 fully saturated rings. The lowest BCUT2D eigenvalue weighted by molar-refractivity contribution is 0.439. The third-order valence-corrected chi connectivity index (χ3v) is 3.45. The van der Waals surface area contributed by atoms with Gasteiger partial charge >= 0.3 is 0 Å². The van der Waals surface area contributed by atoms with Crippen LogP contribution in [-0.2, 0) is 0 Å². The third kappa shape index (κ3) is 2.67. The molecule has 0 saturated carbocycles. The van der Waals surface area contributed by atoms with Crippen LogP contribution in [0.2, 0.25) is 0 Å². The van der Waals surface area contributed by atoms with Crippen molar-refractivity contribution < 1.29 is 13.3 Å². The standard InChI is InChI=1S/C15H9BrF2N2O/c16-10-5-9(6-12(18)7-10)14-13(15(19)21-20-14)8-1-3-11(17)4-2-8/h1-7H,19H2. The maximum absolute atomic E-state index is 13.5. The first-order chi connectivity index (χ1) is 10.0. The van der Waals surface area contributed by atoms with Gasteiger partial charge in [0.2, 0.25) is 5.88 Å². The Morgan fingerprint density at radius 3 is 2.33 bits per heavy atom. The van der Waals surface area contributed by atoms with Gasteiger partial charge in [-0.25, -0.2) is 8.78 Å². The maximum atomic E-state index is 13.5. The summed E-state index contributed by atoms with van der Waals surface area (Å²) in [5.41, 5.74) is 7.87. The van der Waals surface area contributed by atoms with Crippen molar-refractivity contribution in [2.45, 2.75) is 0 Å². The topological polar surface area (TPSA) is 52.0 Å². The van der Waals surface area contributed by atoms with E-state index in [1.807, 2.05) is 0 Å². The van der Waals surface area contributed by atoms with Crippen molar-refractivity contribution in [3.05, 3.63) is 58.6 Å². The molecule has 1 aromatic heterocycles.